The van der Waals surface area contributed by atoms with Crippen LogP contribution in [0.1, 0.15) is 39.0 Å². The molecule has 1 atom stereocenters. The van der Waals surface area contributed by atoms with Crippen molar-refractivity contribution in [2.24, 2.45) is 5.92 Å². The molecule has 2 aromatic rings. The zero-order valence-electron chi connectivity index (χ0n) is 16.0. The number of urea groups is 1. The third kappa shape index (κ3) is 5.55. The largest absolute Gasteiger partial charge is 0.335 e. The lowest BCUT2D eigenvalue weighted by atomic mass is 9.88. The van der Waals surface area contributed by atoms with E-state index in [9.17, 15) is 14.0 Å². The van der Waals surface area contributed by atoms with E-state index in [-0.39, 0.29) is 23.6 Å². The van der Waals surface area contributed by atoms with Gasteiger partial charge >= 0.3 is 6.03 Å². The average Bonchev–Trinajstić information content (AvgIpc) is 3.17. The molecule has 1 aliphatic carbocycles. The molecule has 3 amide bonds. The molecule has 1 aliphatic rings. The van der Waals surface area contributed by atoms with Crippen LogP contribution in [-0.4, -0.2) is 27.5 Å². The molecule has 1 saturated carbocycles. The molecule has 1 fully saturated rings. The molecule has 8 heteroatoms. The summed E-state index contributed by atoms with van der Waals surface area (Å²) in [6.45, 7) is 2.46. The minimum atomic E-state index is -0.524. The van der Waals surface area contributed by atoms with Crippen LogP contribution >= 0.6 is 0 Å². The predicted octanol–water partition coefficient (Wildman–Crippen LogP) is 3.75. The van der Waals surface area contributed by atoms with Crippen molar-refractivity contribution in [1.82, 2.24) is 14.9 Å². The van der Waals surface area contributed by atoms with Gasteiger partial charge in [0.2, 0.25) is 5.91 Å². The molecule has 28 heavy (non-hydrogen) atoms. The summed E-state index contributed by atoms with van der Waals surface area (Å²) in [5.41, 5.74) is 0.493. The third-order valence-corrected chi connectivity index (χ3v) is 4.88. The Kier molecular flexibility index (Phi) is 6.62. The van der Waals surface area contributed by atoms with Crippen LogP contribution in [0.15, 0.2) is 36.9 Å². The summed E-state index contributed by atoms with van der Waals surface area (Å²) in [6.07, 6.45) is 10.0. The van der Waals surface area contributed by atoms with Gasteiger partial charge in [0.15, 0.2) is 0 Å². The number of rotatable bonds is 6. The van der Waals surface area contributed by atoms with Crippen molar-refractivity contribution in [2.75, 3.05) is 10.6 Å². The van der Waals surface area contributed by atoms with Crippen LogP contribution in [0.2, 0.25) is 0 Å². The van der Waals surface area contributed by atoms with Crippen LogP contribution in [0.25, 0.3) is 0 Å². The first kappa shape index (κ1) is 19.9. The number of anilines is 2. The second kappa shape index (κ2) is 9.34. The molecule has 0 unspecified atom stereocenters. The summed E-state index contributed by atoms with van der Waals surface area (Å²) in [5.74, 6) is -0.755. The Morgan fingerprint density at radius 1 is 1.25 bits per heavy atom. The van der Waals surface area contributed by atoms with Crippen molar-refractivity contribution < 1.29 is 14.0 Å². The van der Waals surface area contributed by atoms with E-state index in [1.54, 1.807) is 12.5 Å². The lowest BCUT2D eigenvalue weighted by Crippen LogP contribution is -2.38. The van der Waals surface area contributed by atoms with Crippen LogP contribution < -0.4 is 16.0 Å². The first-order chi connectivity index (χ1) is 13.5. The summed E-state index contributed by atoms with van der Waals surface area (Å²) in [4.78, 5) is 28.5. The highest BCUT2D eigenvalue weighted by Gasteiger charge is 2.22. The monoisotopic (exact) mass is 387 g/mol. The maximum Gasteiger partial charge on any atom is 0.319 e. The molecular weight excluding hydrogens is 361 g/mol. The van der Waals surface area contributed by atoms with Gasteiger partial charge in [0, 0.05) is 36.6 Å². The summed E-state index contributed by atoms with van der Waals surface area (Å²) < 4.78 is 16.0. The van der Waals surface area contributed by atoms with E-state index in [0.29, 0.717) is 12.2 Å². The minimum absolute atomic E-state index is 0.0721. The van der Waals surface area contributed by atoms with Crippen LogP contribution in [0.4, 0.5) is 20.6 Å². The van der Waals surface area contributed by atoms with Gasteiger partial charge in [-0.3, -0.25) is 4.79 Å². The Morgan fingerprint density at radius 3 is 2.75 bits per heavy atom. The van der Waals surface area contributed by atoms with Crippen LogP contribution in [-0.2, 0) is 11.3 Å². The molecule has 150 valence electrons. The fourth-order valence-corrected chi connectivity index (χ4v) is 3.45. The number of halogens is 1. The maximum atomic E-state index is 14.1. The van der Waals surface area contributed by atoms with E-state index >= 15 is 0 Å². The zero-order valence-corrected chi connectivity index (χ0v) is 16.0. The zero-order chi connectivity index (χ0) is 19.9. The third-order valence-electron chi connectivity index (χ3n) is 4.88. The van der Waals surface area contributed by atoms with Crippen molar-refractivity contribution >= 4 is 23.3 Å². The van der Waals surface area contributed by atoms with E-state index in [4.69, 9.17) is 0 Å². The number of benzene rings is 1. The number of hydrogen-bond donors (Lipinski definition) is 3. The van der Waals surface area contributed by atoms with Gasteiger partial charge in [-0.05, 0) is 38.0 Å². The molecule has 0 radical (unpaired) electrons. The van der Waals surface area contributed by atoms with Crippen LogP contribution in [0, 0.1) is 11.7 Å². The van der Waals surface area contributed by atoms with Crippen molar-refractivity contribution in [3.05, 3.63) is 42.7 Å². The Bertz CT molecular complexity index is 803. The standard InChI is InChI=1S/C20H26FN5O2/c1-14(12-26-10-9-22-13-26)23-20(28)24-16-7-8-17(21)18(11-16)25-19(27)15-5-3-2-4-6-15/h7-11,13-15H,2-6,12H2,1H3,(H,25,27)(H2,23,24,28)/t14-/m1/s1. The summed E-state index contributed by atoms with van der Waals surface area (Å²) in [5, 5.41) is 8.16. The van der Waals surface area contributed by atoms with Crippen molar-refractivity contribution in [2.45, 2.75) is 51.6 Å². The second-order valence-electron chi connectivity index (χ2n) is 7.28. The van der Waals surface area contributed by atoms with Gasteiger partial charge in [-0.15, -0.1) is 0 Å². The number of imidazole rings is 1. The first-order valence-electron chi connectivity index (χ1n) is 9.65. The quantitative estimate of drug-likeness (QED) is 0.705. The number of nitrogens with zero attached hydrogens (tertiary/aromatic N) is 2. The van der Waals surface area contributed by atoms with Crippen molar-refractivity contribution in [3.8, 4) is 0 Å². The molecular formula is C20H26FN5O2. The van der Waals surface area contributed by atoms with Gasteiger partial charge in [0.05, 0.1) is 12.0 Å². The summed E-state index contributed by atoms with van der Waals surface area (Å²) >= 11 is 0. The summed E-state index contributed by atoms with van der Waals surface area (Å²) in [7, 11) is 0. The molecule has 0 bridgehead atoms. The topological polar surface area (TPSA) is 88.1 Å². The molecule has 0 saturated heterocycles. The minimum Gasteiger partial charge on any atom is -0.335 e. The smallest absolute Gasteiger partial charge is 0.319 e. The maximum absolute atomic E-state index is 14.1. The Hall–Kier alpha value is -2.90. The lowest BCUT2D eigenvalue weighted by Gasteiger charge is -2.21. The first-order valence-corrected chi connectivity index (χ1v) is 9.65. The van der Waals surface area contributed by atoms with E-state index in [1.165, 1.54) is 18.2 Å². The number of aromatic nitrogens is 2. The predicted molar refractivity (Wildman–Crippen MR) is 105 cm³/mol. The molecule has 1 aromatic heterocycles. The van der Waals surface area contributed by atoms with Crippen molar-refractivity contribution in [3.63, 3.8) is 0 Å². The molecule has 1 heterocycles. The number of amides is 3. The SMILES string of the molecule is C[C@H](Cn1ccnc1)NC(=O)Nc1ccc(F)c(NC(=O)C2CCCCC2)c1. The lowest BCUT2D eigenvalue weighted by molar-refractivity contribution is -0.120. The van der Waals surface area contributed by atoms with E-state index < -0.39 is 11.8 Å². The number of hydrogen-bond acceptors (Lipinski definition) is 3. The molecule has 3 N–H and O–H groups in total. The highest BCUT2D eigenvalue weighted by atomic mass is 19.1. The fourth-order valence-electron chi connectivity index (χ4n) is 3.45. The van der Waals surface area contributed by atoms with E-state index in [0.717, 1.165) is 32.1 Å². The average molecular weight is 387 g/mol. The Morgan fingerprint density at radius 2 is 2.04 bits per heavy atom. The molecule has 0 aliphatic heterocycles. The fraction of sp³-hybridized carbons (Fsp3) is 0.450. The van der Waals surface area contributed by atoms with Gasteiger partial charge in [-0.1, -0.05) is 19.3 Å². The Labute approximate surface area is 163 Å². The molecule has 1 aromatic carbocycles. The second-order valence-corrected chi connectivity index (χ2v) is 7.28. The number of carbonyl (C=O) groups is 2. The van der Waals surface area contributed by atoms with Gasteiger partial charge in [-0.25, -0.2) is 14.2 Å². The van der Waals surface area contributed by atoms with Gasteiger partial charge < -0.3 is 20.5 Å². The van der Waals surface area contributed by atoms with E-state index in [2.05, 4.69) is 20.9 Å². The van der Waals surface area contributed by atoms with E-state index in [1.807, 2.05) is 17.7 Å². The highest BCUT2D eigenvalue weighted by molar-refractivity contribution is 5.94. The molecule has 0 spiro atoms. The van der Waals surface area contributed by atoms with Gasteiger partial charge in [0.25, 0.3) is 0 Å². The molecule has 7 nitrogen and oxygen atoms in total. The highest BCUT2D eigenvalue weighted by Crippen LogP contribution is 2.26. The van der Waals surface area contributed by atoms with Crippen LogP contribution in [0.3, 0.4) is 0 Å². The van der Waals surface area contributed by atoms with Gasteiger partial charge in [-0.2, -0.15) is 0 Å². The van der Waals surface area contributed by atoms with Crippen molar-refractivity contribution in [1.29, 1.82) is 0 Å². The molecule has 3 rings (SSSR count). The number of carbonyl (C=O) groups excluding carboxylic acids is 2. The van der Waals surface area contributed by atoms with Crippen LogP contribution in [0.5, 0.6) is 0 Å². The number of nitrogens with one attached hydrogen (secondary N) is 3. The normalized spacial score (nSPS) is 15.6. The van der Waals surface area contributed by atoms with Gasteiger partial charge in [0.1, 0.15) is 5.82 Å². The summed E-state index contributed by atoms with van der Waals surface area (Å²) in [6, 6.07) is 3.62. The Balaban J connectivity index is 1.56.